The molecule has 0 unspecified atom stereocenters. The van der Waals surface area contributed by atoms with Crippen molar-refractivity contribution in [3.8, 4) is 22.8 Å². The van der Waals surface area contributed by atoms with Crippen LogP contribution in [0.25, 0.3) is 16.9 Å². The second kappa shape index (κ2) is 9.59. The Morgan fingerprint density at radius 1 is 1.03 bits per heavy atom. The van der Waals surface area contributed by atoms with Crippen LogP contribution in [0.15, 0.2) is 36.7 Å². The minimum absolute atomic E-state index is 0.265. The molecule has 33 heavy (non-hydrogen) atoms. The van der Waals surface area contributed by atoms with E-state index in [4.69, 9.17) is 19.6 Å². The van der Waals surface area contributed by atoms with Crippen LogP contribution in [0.2, 0.25) is 0 Å². The van der Waals surface area contributed by atoms with Gasteiger partial charge in [0, 0.05) is 68.2 Å². The normalized spacial score (nSPS) is 18.5. The van der Waals surface area contributed by atoms with Gasteiger partial charge in [-0.3, -0.25) is 9.88 Å². The number of piperazine rings is 1. The van der Waals surface area contributed by atoms with E-state index in [-0.39, 0.29) is 6.04 Å². The Hall–Kier alpha value is -2.81. The van der Waals surface area contributed by atoms with Crippen LogP contribution in [0.1, 0.15) is 29.9 Å². The molecule has 5 rings (SSSR count). The number of hydrogen-bond donors (Lipinski definition) is 0. The highest BCUT2D eigenvalue weighted by Gasteiger charge is 2.24. The number of methoxy groups -OCH3 is 1. The quantitative estimate of drug-likeness (QED) is 0.595. The molecule has 0 aliphatic carbocycles. The van der Waals surface area contributed by atoms with Gasteiger partial charge in [0.1, 0.15) is 0 Å². The molecule has 8 nitrogen and oxygen atoms in total. The lowest BCUT2D eigenvalue weighted by atomic mass is 10.0. The van der Waals surface area contributed by atoms with E-state index < -0.39 is 0 Å². The molecule has 1 atom stereocenters. The second-order valence-corrected chi connectivity index (χ2v) is 8.84. The summed E-state index contributed by atoms with van der Waals surface area (Å²) in [6.07, 6.45) is 5.42. The van der Waals surface area contributed by atoms with E-state index in [2.05, 4.69) is 45.6 Å². The van der Waals surface area contributed by atoms with Gasteiger partial charge in [-0.1, -0.05) is 0 Å². The second-order valence-electron chi connectivity index (χ2n) is 8.84. The van der Waals surface area contributed by atoms with Crippen molar-refractivity contribution in [2.24, 2.45) is 0 Å². The monoisotopic (exact) mass is 448 g/mol. The van der Waals surface area contributed by atoms with Crippen LogP contribution < -0.4 is 4.74 Å². The number of likely N-dealkylation sites (N-methyl/N-ethyl adjacent to an activating group) is 1. The van der Waals surface area contributed by atoms with Crippen LogP contribution in [0, 0.1) is 0 Å². The fraction of sp³-hybridized carbons (Fsp3) is 0.480. The lowest BCUT2D eigenvalue weighted by Crippen LogP contribution is -2.45. The zero-order chi connectivity index (χ0) is 22.8. The first kappa shape index (κ1) is 22.0. The van der Waals surface area contributed by atoms with Gasteiger partial charge in [-0.25, -0.2) is 9.67 Å². The molecule has 0 radical (unpaired) electrons. The van der Waals surface area contributed by atoms with Crippen molar-refractivity contribution < 1.29 is 9.47 Å². The van der Waals surface area contributed by atoms with E-state index in [1.54, 1.807) is 7.11 Å². The van der Waals surface area contributed by atoms with Crippen molar-refractivity contribution >= 4 is 0 Å². The van der Waals surface area contributed by atoms with Crippen LogP contribution in [0.5, 0.6) is 5.88 Å². The molecule has 174 valence electrons. The molecule has 0 saturated carbocycles. The van der Waals surface area contributed by atoms with Crippen LogP contribution in [0.4, 0.5) is 0 Å². The van der Waals surface area contributed by atoms with Crippen molar-refractivity contribution in [1.29, 1.82) is 0 Å². The predicted octanol–water partition coefficient (Wildman–Crippen LogP) is 2.76. The van der Waals surface area contributed by atoms with E-state index >= 15 is 0 Å². The van der Waals surface area contributed by atoms with Gasteiger partial charge < -0.3 is 14.4 Å². The number of nitrogens with zero attached hydrogens (tertiary/aromatic N) is 6. The summed E-state index contributed by atoms with van der Waals surface area (Å²) < 4.78 is 13.1. The van der Waals surface area contributed by atoms with Gasteiger partial charge in [-0.2, -0.15) is 5.10 Å². The van der Waals surface area contributed by atoms with Crippen molar-refractivity contribution in [2.45, 2.75) is 25.8 Å². The molecule has 0 N–H and O–H groups in total. The molecule has 1 saturated heterocycles. The SMILES string of the molecule is COc1ccc(-c2nn(-c3ccnc([C@@H](C)N4CCN(C)CC4)c3)c3c2CCOCC3)cn1. The maximum atomic E-state index is 5.80. The van der Waals surface area contributed by atoms with Crippen LogP contribution in [-0.2, 0) is 17.6 Å². The highest BCUT2D eigenvalue weighted by molar-refractivity contribution is 5.65. The minimum Gasteiger partial charge on any atom is -0.481 e. The average molecular weight is 449 g/mol. The maximum Gasteiger partial charge on any atom is 0.212 e. The summed E-state index contributed by atoms with van der Waals surface area (Å²) in [6, 6.07) is 8.42. The summed E-state index contributed by atoms with van der Waals surface area (Å²) in [5.74, 6) is 0.601. The Bertz CT molecular complexity index is 1090. The highest BCUT2D eigenvalue weighted by atomic mass is 16.5. The Balaban J connectivity index is 1.51. The molecular formula is C25H32N6O2. The highest BCUT2D eigenvalue weighted by Crippen LogP contribution is 2.31. The van der Waals surface area contributed by atoms with Gasteiger partial charge in [0.25, 0.3) is 0 Å². The molecule has 1 fully saturated rings. The van der Waals surface area contributed by atoms with Crippen molar-refractivity contribution in [3.63, 3.8) is 0 Å². The van der Waals surface area contributed by atoms with Gasteiger partial charge in [-0.05, 0) is 38.6 Å². The first-order chi connectivity index (χ1) is 16.1. The molecule has 0 spiro atoms. The summed E-state index contributed by atoms with van der Waals surface area (Å²) in [7, 11) is 3.81. The third kappa shape index (κ3) is 4.51. The number of ether oxygens (including phenoxy) is 2. The lowest BCUT2D eigenvalue weighted by Gasteiger charge is -2.36. The van der Waals surface area contributed by atoms with E-state index in [1.165, 1.54) is 11.3 Å². The molecule has 0 bridgehead atoms. The smallest absolute Gasteiger partial charge is 0.212 e. The summed E-state index contributed by atoms with van der Waals surface area (Å²) in [4.78, 5) is 14.0. The van der Waals surface area contributed by atoms with Gasteiger partial charge in [0.15, 0.2) is 0 Å². The lowest BCUT2D eigenvalue weighted by molar-refractivity contribution is 0.117. The molecule has 2 aliphatic heterocycles. The fourth-order valence-electron chi connectivity index (χ4n) is 4.73. The van der Waals surface area contributed by atoms with E-state index in [9.17, 15) is 0 Å². The predicted molar refractivity (Wildman–Crippen MR) is 127 cm³/mol. The molecule has 0 aromatic carbocycles. The Morgan fingerprint density at radius 3 is 2.61 bits per heavy atom. The summed E-state index contributed by atoms with van der Waals surface area (Å²) >= 11 is 0. The van der Waals surface area contributed by atoms with Gasteiger partial charge >= 0.3 is 0 Å². The van der Waals surface area contributed by atoms with E-state index in [0.29, 0.717) is 19.1 Å². The third-order valence-electron chi connectivity index (χ3n) is 6.81. The van der Waals surface area contributed by atoms with Crippen LogP contribution in [0.3, 0.4) is 0 Å². The molecular weight excluding hydrogens is 416 g/mol. The Morgan fingerprint density at radius 2 is 1.85 bits per heavy atom. The number of rotatable bonds is 5. The zero-order valence-corrected chi connectivity index (χ0v) is 19.7. The summed E-state index contributed by atoms with van der Waals surface area (Å²) in [6.45, 7) is 7.97. The number of aromatic nitrogens is 4. The zero-order valence-electron chi connectivity index (χ0n) is 19.7. The molecule has 8 heteroatoms. The molecule has 5 heterocycles. The number of hydrogen-bond acceptors (Lipinski definition) is 7. The molecule has 0 amide bonds. The average Bonchev–Trinajstić information content (AvgIpc) is 3.04. The Labute approximate surface area is 195 Å². The first-order valence-electron chi connectivity index (χ1n) is 11.7. The molecule has 3 aromatic heterocycles. The topological polar surface area (TPSA) is 68.5 Å². The minimum atomic E-state index is 0.265. The largest absolute Gasteiger partial charge is 0.481 e. The van der Waals surface area contributed by atoms with Crippen LogP contribution >= 0.6 is 0 Å². The number of pyridine rings is 2. The van der Waals surface area contributed by atoms with Crippen molar-refractivity contribution in [1.82, 2.24) is 29.5 Å². The van der Waals surface area contributed by atoms with Crippen molar-refractivity contribution in [3.05, 3.63) is 53.6 Å². The van der Waals surface area contributed by atoms with Crippen molar-refractivity contribution in [2.75, 3.05) is 53.6 Å². The summed E-state index contributed by atoms with van der Waals surface area (Å²) in [5.41, 5.74) is 6.54. The van der Waals surface area contributed by atoms with E-state index in [1.807, 2.05) is 24.5 Å². The van der Waals surface area contributed by atoms with E-state index in [0.717, 1.165) is 61.7 Å². The number of fused-ring (bicyclic) bond motifs is 1. The third-order valence-corrected chi connectivity index (χ3v) is 6.81. The van der Waals surface area contributed by atoms with Crippen LogP contribution in [-0.4, -0.2) is 83.1 Å². The first-order valence-corrected chi connectivity index (χ1v) is 11.7. The van der Waals surface area contributed by atoms with Gasteiger partial charge in [0.2, 0.25) is 5.88 Å². The molecule has 3 aromatic rings. The summed E-state index contributed by atoms with van der Waals surface area (Å²) in [5, 5.41) is 5.08. The fourth-order valence-corrected chi connectivity index (χ4v) is 4.73. The maximum absolute atomic E-state index is 5.80. The molecule has 2 aliphatic rings. The standard InChI is InChI=1S/C25H32N6O2/c1-18(30-12-10-29(2)11-13-30)22-16-20(6-9-26-22)31-23-8-15-33-14-7-21(23)25(28-31)19-4-5-24(32-3)27-17-19/h4-6,9,16-18H,7-8,10-15H2,1-3H3/t18-/m1/s1. The van der Waals surface area contributed by atoms with Gasteiger partial charge in [-0.15, -0.1) is 0 Å². The van der Waals surface area contributed by atoms with Gasteiger partial charge in [0.05, 0.1) is 43.1 Å². The Kier molecular flexibility index (Phi) is 6.39.